The standard InChI is InChI=1S/C19H28ClN5O9P2/c20-19-22-16-13(17(23-19)25-9-1-2-10(25)6-11(26)5-9)21-7-24(16)18-15(28)14(27)12(34-18)3-4-35(29,30)8-36(31,32)33/h7,9-12,14-15,18,26-28H,1-6,8H2,(H,29,30)(H2,31,32,33)/t9?,10?,11?,12-,14?,15+,18-/m1/s1. The Morgan fingerprint density at radius 2 is 1.72 bits per heavy atom. The van der Waals surface area contributed by atoms with Crippen LogP contribution in [0.2, 0.25) is 5.28 Å². The van der Waals surface area contributed by atoms with Crippen LogP contribution >= 0.6 is 26.6 Å². The molecule has 0 amide bonds. The lowest BCUT2D eigenvalue weighted by Gasteiger charge is -2.38. The molecule has 0 spiro atoms. The summed E-state index contributed by atoms with van der Waals surface area (Å²) in [6.45, 7) is 0. The Bertz CT molecular complexity index is 1230. The van der Waals surface area contributed by atoms with E-state index in [1.807, 2.05) is 0 Å². The van der Waals surface area contributed by atoms with Crippen molar-refractivity contribution in [2.45, 2.75) is 74.8 Å². The van der Waals surface area contributed by atoms with Crippen molar-refractivity contribution in [2.75, 3.05) is 17.0 Å². The maximum Gasteiger partial charge on any atom is 0.335 e. The first-order valence-corrected chi connectivity index (χ1v) is 15.8. The van der Waals surface area contributed by atoms with Gasteiger partial charge >= 0.3 is 7.60 Å². The number of aliphatic hydroxyl groups excluding tert-OH is 3. The minimum absolute atomic E-state index is 0.0481. The number of anilines is 1. The number of fused-ring (bicyclic) bond motifs is 3. The smallest absolute Gasteiger partial charge is 0.335 e. The SMILES string of the molecule is O=P(O)(O)CP(=O)(O)CC[C@H]1O[C@@H](n2cnc3c(N4C5CCC4CC(O)C5)nc(Cl)nc32)[C@@H](O)C1O. The number of nitrogens with zero attached hydrogens (tertiary/aromatic N) is 5. The third kappa shape index (κ3) is 5.09. The van der Waals surface area contributed by atoms with Crippen LogP contribution in [0.5, 0.6) is 0 Å². The predicted octanol–water partition coefficient (Wildman–Crippen LogP) is 0.387. The molecule has 5 heterocycles. The van der Waals surface area contributed by atoms with Gasteiger partial charge in [-0.1, -0.05) is 0 Å². The van der Waals surface area contributed by atoms with E-state index in [1.165, 1.54) is 10.9 Å². The zero-order valence-electron chi connectivity index (χ0n) is 19.0. The maximum absolute atomic E-state index is 12.2. The number of rotatable bonds is 7. The first-order valence-electron chi connectivity index (χ1n) is 11.6. The molecule has 3 aliphatic heterocycles. The number of ether oxygens (including phenoxy) is 1. The molecular weight excluding hydrogens is 540 g/mol. The van der Waals surface area contributed by atoms with E-state index in [0.29, 0.717) is 24.2 Å². The first-order chi connectivity index (χ1) is 16.8. The molecule has 17 heteroatoms. The molecule has 200 valence electrons. The highest BCUT2D eigenvalue weighted by atomic mass is 35.5. The van der Waals surface area contributed by atoms with Crippen molar-refractivity contribution < 1.29 is 43.9 Å². The van der Waals surface area contributed by atoms with Crippen LogP contribution in [0.15, 0.2) is 6.33 Å². The van der Waals surface area contributed by atoms with Gasteiger partial charge in [-0.3, -0.25) is 13.7 Å². The highest BCUT2D eigenvalue weighted by Gasteiger charge is 2.46. The molecule has 5 rings (SSSR count). The highest BCUT2D eigenvalue weighted by Crippen LogP contribution is 2.55. The van der Waals surface area contributed by atoms with Crippen LogP contribution < -0.4 is 4.90 Å². The Morgan fingerprint density at radius 3 is 2.36 bits per heavy atom. The van der Waals surface area contributed by atoms with Crippen molar-refractivity contribution in [3.63, 3.8) is 0 Å². The predicted molar refractivity (Wildman–Crippen MR) is 127 cm³/mol. The number of halogens is 1. The number of hydrogen-bond acceptors (Lipinski definition) is 10. The van der Waals surface area contributed by atoms with E-state index >= 15 is 0 Å². The summed E-state index contributed by atoms with van der Waals surface area (Å²) >= 11 is 6.25. The molecule has 14 nitrogen and oxygen atoms in total. The molecule has 2 bridgehead atoms. The summed E-state index contributed by atoms with van der Waals surface area (Å²) in [5, 5.41) is 31.3. The molecule has 2 aromatic heterocycles. The van der Waals surface area contributed by atoms with Crippen LogP contribution in [0.3, 0.4) is 0 Å². The largest absolute Gasteiger partial charge is 0.393 e. The van der Waals surface area contributed by atoms with Gasteiger partial charge in [-0.25, -0.2) is 4.98 Å². The quantitative estimate of drug-likeness (QED) is 0.198. The van der Waals surface area contributed by atoms with E-state index in [4.69, 9.17) is 26.1 Å². The zero-order valence-corrected chi connectivity index (χ0v) is 21.5. The van der Waals surface area contributed by atoms with Gasteiger partial charge in [-0.05, 0) is 43.7 Å². The summed E-state index contributed by atoms with van der Waals surface area (Å²) in [6.07, 6.45) is -1.78. The van der Waals surface area contributed by atoms with E-state index in [-0.39, 0.29) is 35.5 Å². The fraction of sp³-hybridized carbons (Fsp3) is 0.737. The summed E-state index contributed by atoms with van der Waals surface area (Å²) in [7, 11) is -8.89. The van der Waals surface area contributed by atoms with Crippen molar-refractivity contribution in [3.05, 3.63) is 11.6 Å². The molecule has 4 unspecified atom stereocenters. The second kappa shape index (κ2) is 9.53. The van der Waals surface area contributed by atoms with Gasteiger partial charge in [0, 0.05) is 18.2 Å². The molecular formula is C19H28ClN5O9P2. The number of piperidine rings is 1. The fourth-order valence-electron chi connectivity index (χ4n) is 5.62. The summed E-state index contributed by atoms with van der Waals surface area (Å²) < 4.78 is 30.5. The zero-order chi connectivity index (χ0) is 26.0. The number of aliphatic hydroxyl groups is 3. The Labute approximate surface area is 210 Å². The van der Waals surface area contributed by atoms with Gasteiger partial charge in [-0.15, -0.1) is 0 Å². The Kier molecular flexibility index (Phi) is 7.00. The van der Waals surface area contributed by atoms with Crippen molar-refractivity contribution in [3.8, 4) is 0 Å². The summed E-state index contributed by atoms with van der Waals surface area (Å²) in [6, 6.07) is 0.167. The Morgan fingerprint density at radius 1 is 1.06 bits per heavy atom. The van der Waals surface area contributed by atoms with Gasteiger partial charge in [0.2, 0.25) is 12.7 Å². The van der Waals surface area contributed by atoms with Gasteiger partial charge in [0.25, 0.3) is 0 Å². The van der Waals surface area contributed by atoms with Crippen LogP contribution in [-0.2, 0) is 13.9 Å². The van der Waals surface area contributed by atoms with E-state index in [9.17, 15) is 29.3 Å². The minimum Gasteiger partial charge on any atom is -0.393 e. The minimum atomic E-state index is -4.71. The summed E-state index contributed by atoms with van der Waals surface area (Å²) in [4.78, 5) is 43.1. The molecule has 7 atom stereocenters. The number of hydrogen-bond donors (Lipinski definition) is 6. The number of aromatic nitrogens is 4. The van der Waals surface area contributed by atoms with Gasteiger partial charge in [0.1, 0.15) is 18.1 Å². The van der Waals surface area contributed by atoms with Crippen LogP contribution in [0, 0.1) is 0 Å². The van der Waals surface area contributed by atoms with Crippen molar-refractivity contribution in [1.29, 1.82) is 0 Å². The molecule has 0 aliphatic carbocycles. The second-order valence-electron chi connectivity index (χ2n) is 9.77. The summed E-state index contributed by atoms with van der Waals surface area (Å²) in [5.74, 6) is -0.652. The number of imidazole rings is 1. The normalized spacial score (nSPS) is 34.4. The van der Waals surface area contributed by atoms with Gasteiger partial charge in [0.05, 0.1) is 18.5 Å². The Balaban J connectivity index is 1.39. The van der Waals surface area contributed by atoms with Crippen molar-refractivity contribution >= 4 is 43.5 Å². The maximum atomic E-state index is 12.2. The van der Waals surface area contributed by atoms with Crippen LogP contribution in [0.1, 0.15) is 38.3 Å². The van der Waals surface area contributed by atoms with Gasteiger partial charge in [0.15, 0.2) is 23.2 Å². The Hall–Kier alpha value is -1.18. The van der Waals surface area contributed by atoms with Crippen molar-refractivity contribution in [2.24, 2.45) is 0 Å². The third-order valence-electron chi connectivity index (χ3n) is 7.11. The second-order valence-corrected chi connectivity index (χ2v) is 14.7. The molecule has 3 aliphatic rings. The van der Waals surface area contributed by atoms with Crippen LogP contribution in [0.4, 0.5) is 5.82 Å². The third-order valence-corrected chi connectivity index (χ3v) is 11.5. The van der Waals surface area contributed by atoms with E-state index in [2.05, 4.69) is 19.9 Å². The molecule has 2 aromatic rings. The first kappa shape index (κ1) is 26.4. The van der Waals surface area contributed by atoms with Crippen LogP contribution in [0.25, 0.3) is 11.2 Å². The lowest BCUT2D eigenvalue weighted by atomic mass is 10.00. The fourth-order valence-corrected chi connectivity index (χ4v) is 9.31. The lowest BCUT2D eigenvalue weighted by molar-refractivity contribution is -0.0354. The molecule has 0 radical (unpaired) electrons. The molecule has 3 saturated heterocycles. The highest BCUT2D eigenvalue weighted by molar-refractivity contribution is 7.72. The molecule has 3 fully saturated rings. The van der Waals surface area contributed by atoms with Gasteiger partial charge in [-0.2, -0.15) is 9.97 Å². The molecule has 0 aromatic carbocycles. The monoisotopic (exact) mass is 567 g/mol. The van der Waals surface area contributed by atoms with Crippen LogP contribution in [-0.4, -0.2) is 98.1 Å². The van der Waals surface area contributed by atoms with E-state index in [0.717, 1.165) is 12.8 Å². The van der Waals surface area contributed by atoms with E-state index < -0.39 is 51.6 Å². The molecule has 6 N–H and O–H groups in total. The summed E-state index contributed by atoms with van der Waals surface area (Å²) in [5.41, 5.74) is 0.685. The van der Waals surface area contributed by atoms with Gasteiger partial charge < -0.3 is 39.6 Å². The average Bonchev–Trinajstić information content (AvgIpc) is 3.38. The topological polar surface area (TPSA) is 212 Å². The van der Waals surface area contributed by atoms with E-state index in [1.54, 1.807) is 0 Å². The average molecular weight is 568 g/mol. The molecule has 0 saturated carbocycles. The molecule has 36 heavy (non-hydrogen) atoms. The van der Waals surface area contributed by atoms with Crippen molar-refractivity contribution in [1.82, 2.24) is 19.5 Å². The lowest BCUT2D eigenvalue weighted by Crippen LogP contribution is -2.45.